The molecule has 3 rings (SSSR count). The maximum absolute atomic E-state index is 13.2. The van der Waals surface area contributed by atoms with Gasteiger partial charge in [0.25, 0.3) is 5.91 Å². The van der Waals surface area contributed by atoms with E-state index in [2.05, 4.69) is 5.32 Å². The summed E-state index contributed by atoms with van der Waals surface area (Å²) in [7, 11) is -3.43. The van der Waals surface area contributed by atoms with Crippen LogP contribution in [0.25, 0.3) is 0 Å². The number of carboxylic acids is 1. The van der Waals surface area contributed by atoms with Gasteiger partial charge in [0.15, 0.2) is 0 Å². The molecule has 1 unspecified atom stereocenters. The van der Waals surface area contributed by atoms with Crippen LogP contribution in [0, 0.1) is 0 Å². The van der Waals surface area contributed by atoms with Gasteiger partial charge in [0, 0.05) is 49.9 Å². The molecule has 1 aliphatic rings. The number of carbonyl (C=O) groups excluding carboxylic acids is 1. The lowest BCUT2D eigenvalue weighted by atomic mass is 10.0. The Morgan fingerprint density at radius 1 is 1.11 bits per heavy atom. The summed E-state index contributed by atoms with van der Waals surface area (Å²) in [6.45, 7) is 4.82. The van der Waals surface area contributed by atoms with Crippen LogP contribution in [0.15, 0.2) is 54.6 Å². The number of rotatable bonds is 8. The fourth-order valence-corrected chi connectivity index (χ4v) is 5.21. The Bertz CT molecular complexity index is 1140. The lowest BCUT2D eigenvalue weighted by Gasteiger charge is -2.30. The Morgan fingerprint density at radius 2 is 1.70 bits per heavy atom. The molecule has 0 radical (unpaired) electrons. The van der Waals surface area contributed by atoms with Crippen molar-refractivity contribution in [3.05, 3.63) is 70.7 Å². The van der Waals surface area contributed by atoms with E-state index in [1.807, 2.05) is 37.3 Å². The van der Waals surface area contributed by atoms with Crippen molar-refractivity contribution in [3.8, 4) is 0 Å². The Labute approximate surface area is 219 Å². The van der Waals surface area contributed by atoms with Crippen molar-refractivity contribution >= 4 is 33.5 Å². The molecule has 1 heterocycles. The highest BCUT2D eigenvalue weighted by atomic mass is 35.5. The van der Waals surface area contributed by atoms with Crippen molar-refractivity contribution in [2.24, 2.45) is 0 Å². The van der Waals surface area contributed by atoms with Crippen molar-refractivity contribution in [2.75, 3.05) is 45.0 Å². The SMILES string of the molecule is CC(CN(CCS(=O)(=O)N1CCNCC1)C(=O)c1cccc(Cl)c1)c1ccccc1.O=C(O)C(F)(F)F. The van der Waals surface area contributed by atoms with Gasteiger partial charge in [-0.3, -0.25) is 4.79 Å². The second-order valence-electron chi connectivity index (χ2n) is 8.34. The van der Waals surface area contributed by atoms with E-state index in [0.29, 0.717) is 43.3 Å². The first-order chi connectivity index (χ1) is 17.3. The molecule has 13 heteroatoms. The lowest BCUT2D eigenvalue weighted by molar-refractivity contribution is -0.192. The number of nitrogens with one attached hydrogen (secondary N) is 1. The monoisotopic (exact) mass is 563 g/mol. The van der Waals surface area contributed by atoms with Gasteiger partial charge in [-0.05, 0) is 29.7 Å². The normalized spacial score (nSPS) is 15.3. The second kappa shape index (κ2) is 13.8. The summed E-state index contributed by atoms with van der Waals surface area (Å²) < 4.78 is 58.8. The van der Waals surface area contributed by atoms with E-state index < -0.39 is 22.2 Å². The number of benzene rings is 2. The molecule has 0 saturated carbocycles. The molecule has 0 bridgehead atoms. The summed E-state index contributed by atoms with van der Waals surface area (Å²) in [6.07, 6.45) is -5.08. The molecular formula is C24H29ClF3N3O5S. The van der Waals surface area contributed by atoms with Gasteiger partial charge in [-0.15, -0.1) is 0 Å². The molecule has 37 heavy (non-hydrogen) atoms. The van der Waals surface area contributed by atoms with Gasteiger partial charge in [0.2, 0.25) is 10.0 Å². The third-order valence-corrected chi connectivity index (χ3v) is 7.64. The van der Waals surface area contributed by atoms with Crippen LogP contribution < -0.4 is 5.32 Å². The summed E-state index contributed by atoms with van der Waals surface area (Å²) >= 11 is 6.07. The molecule has 1 atom stereocenters. The van der Waals surface area contributed by atoms with Crippen LogP contribution in [-0.4, -0.2) is 85.8 Å². The number of alkyl halides is 3. The number of aliphatic carboxylic acids is 1. The van der Waals surface area contributed by atoms with Crippen molar-refractivity contribution in [1.29, 1.82) is 0 Å². The number of carboxylic acid groups (broad SMARTS) is 1. The number of hydrogen-bond donors (Lipinski definition) is 2. The number of carbonyl (C=O) groups is 2. The van der Waals surface area contributed by atoms with Crippen molar-refractivity contribution in [1.82, 2.24) is 14.5 Å². The fraction of sp³-hybridized carbons (Fsp3) is 0.417. The van der Waals surface area contributed by atoms with Gasteiger partial charge in [0.1, 0.15) is 0 Å². The second-order valence-corrected chi connectivity index (χ2v) is 10.9. The molecule has 204 valence electrons. The van der Waals surface area contributed by atoms with Crippen LogP contribution in [0.4, 0.5) is 13.2 Å². The minimum Gasteiger partial charge on any atom is -0.475 e. The first-order valence-electron chi connectivity index (χ1n) is 11.4. The quantitative estimate of drug-likeness (QED) is 0.509. The highest BCUT2D eigenvalue weighted by molar-refractivity contribution is 7.89. The van der Waals surface area contributed by atoms with Gasteiger partial charge >= 0.3 is 12.1 Å². The first kappa shape index (κ1) is 30.6. The van der Waals surface area contributed by atoms with E-state index in [0.717, 1.165) is 5.56 Å². The van der Waals surface area contributed by atoms with Gasteiger partial charge < -0.3 is 15.3 Å². The average Bonchev–Trinajstić information content (AvgIpc) is 2.87. The summed E-state index contributed by atoms with van der Waals surface area (Å²) in [5.41, 5.74) is 1.56. The number of sulfonamides is 1. The number of piperazine rings is 1. The van der Waals surface area contributed by atoms with Gasteiger partial charge in [0.05, 0.1) is 5.75 Å². The Kier molecular flexibility index (Phi) is 11.4. The van der Waals surface area contributed by atoms with E-state index in [9.17, 15) is 26.4 Å². The lowest BCUT2D eigenvalue weighted by Crippen LogP contribution is -2.48. The van der Waals surface area contributed by atoms with Crippen LogP contribution in [0.1, 0.15) is 28.8 Å². The van der Waals surface area contributed by atoms with E-state index in [4.69, 9.17) is 21.5 Å². The predicted molar refractivity (Wildman–Crippen MR) is 134 cm³/mol. The topological polar surface area (TPSA) is 107 Å². The zero-order valence-electron chi connectivity index (χ0n) is 20.1. The third kappa shape index (κ3) is 9.95. The maximum atomic E-state index is 13.2. The van der Waals surface area contributed by atoms with Gasteiger partial charge in [-0.1, -0.05) is 54.9 Å². The number of halogens is 4. The Morgan fingerprint density at radius 3 is 2.24 bits per heavy atom. The zero-order valence-corrected chi connectivity index (χ0v) is 21.7. The summed E-state index contributed by atoms with van der Waals surface area (Å²) in [4.78, 5) is 23.7. The smallest absolute Gasteiger partial charge is 0.475 e. The molecular weight excluding hydrogens is 535 g/mol. The highest BCUT2D eigenvalue weighted by Crippen LogP contribution is 2.19. The Balaban J connectivity index is 0.000000604. The third-order valence-electron chi connectivity index (χ3n) is 5.55. The molecule has 1 fully saturated rings. The number of nitrogens with zero attached hydrogens (tertiary/aromatic N) is 2. The van der Waals surface area contributed by atoms with Crippen LogP contribution in [-0.2, 0) is 14.8 Å². The minimum absolute atomic E-state index is 0.0659. The molecule has 1 aliphatic heterocycles. The fourth-order valence-electron chi connectivity index (χ4n) is 3.57. The van der Waals surface area contributed by atoms with E-state index in [1.54, 1.807) is 29.2 Å². The Hall–Kier alpha value is -2.67. The molecule has 8 nitrogen and oxygen atoms in total. The van der Waals surface area contributed by atoms with Crippen LogP contribution in [0.2, 0.25) is 5.02 Å². The predicted octanol–water partition coefficient (Wildman–Crippen LogP) is 3.45. The van der Waals surface area contributed by atoms with Gasteiger partial charge in [-0.2, -0.15) is 17.5 Å². The molecule has 0 spiro atoms. The molecule has 2 aromatic rings. The largest absolute Gasteiger partial charge is 0.490 e. The molecule has 1 amide bonds. The number of hydrogen-bond acceptors (Lipinski definition) is 5. The van der Waals surface area contributed by atoms with Crippen molar-refractivity contribution in [3.63, 3.8) is 0 Å². The van der Waals surface area contributed by atoms with Gasteiger partial charge in [-0.25, -0.2) is 13.2 Å². The van der Waals surface area contributed by atoms with E-state index in [-0.39, 0.29) is 24.1 Å². The molecule has 1 saturated heterocycles. The highest BCUT2D eigenvalue weighted by Gasteiger charge is 2.38. The van der Waals surface area contributed by atoms with E-state index in [1.165, 1.54) is 4.31 Å². The van der Waals surface area contributed by atoms with E-state index >= 15 is 0 Å². The van der Waals surface area contributed by atoms with Crippen LogP contribution in [0.3, 0.4) is 0 Å². The molecule has 0 aromatic heterocycles. The number of amides is 1. The van der Waals surface area contributed by atoms with Crippen molar-refractivity contribution in [2.45, 2.75) is 19.0 Å². The van der Waals surface area contributed by atoms with Crippen molar-refractivity contribution < 1.29 is 36.3 Å². The minimum atomic E-state index is -5.08. The molecule has 2 N–H and O–H groups in total. The summed E-state index contributed by atoms with van der Waals surface area (Å²) in [5.74, 6) is -3.00. The molecule has 2 aromatic carbocycles. The summed E-state index contributed by atoms with van der Waals surface area (Å²) in [6, 6.07) is 16.7. The first-order valence-corrected chi connectivity index (χ1v) is 13.4. The zero-order chi connectivity index (χ0) is 27.6. The maximum Gasteiger partial charge on any atom is 0.490 e. The molecule has 0 aliphatic carbocycles. The standard InChI is InChI=1S/C22H28ClN3O3S.C2HF3O2/c1-18(19-6-3-2-4-7-19)17-25(22(27)20-8-5-9-21(23)16-20)14-15-30(28,29)26-12-10-24-11-13-26;3-2(4,5)1(6)7/h2-9,16,18,24H,10-15,17H2,1H3;(H,6,7). The van der Waals surface area contributed by atoms with Crippen LogP contribution >= 0.6 is 11.6 Å². The summed E-state index contributed by atoms with van der Waals surface area (Å²) in [5, 5.41) is 10.8. The van der Waals surface area contributed by atoms with Crippen LogP contribution in [0.5, 0.6) is 0 Å². The average molecular weight is 564 g/mol.